The first-order chi connectivity index (χ1) is 6.64. The summed E-state index contributed by atoms with van der Waals surface area (Å²) in [5, 5.41) is 0. The molecule has 82 valence electrons. The Balaban J connectivity index is 1.94. The number of alkyl halides is 1. The summed E-state index contributed by atoms with van der Waals surface area (Å²) >= 11 is 2.48. The van der Waals surface area contributed by atoms with E-state index in [1.54, 1.807) is 0 Å². The van der Waals surface area contributed by atoms with Crippen molar-refractivity contribution in [2.24, 2.45) is 11.1 Å². The summed E-state index contributed by atoms with van der Waals surface area (Å²) in [4.78, 5) is 2.52. The van der Waals surface area contributed by atoms with Gasteiger partial charge in [0.2, 0.25) is 0 Å². The standard InChI is InChI=1S/C10H19IN2O/c1-8(11)13-4-2-10(3-5-13)7-14-6-9(10)12/h8-9H,2-7,12H2,1H3/t8?,9-/m1/s1. The molecule has 0 radical (unpaired) electrons. The van der Waals surface area contributed by atoms with Gasteiger partial charge in [-0.2, -0.15) is 0 Å². The molecule has 1 spiro atoms. The van der Waals surface area contributed by atoms with Crippen LogP contribution >= 0.6 is 22.6 Å². The molecule has 2 rings (SSSR count). The zero-order valence-electron chi connectivity index (χ0n) is 8.71. The molecule has 2 atom stereocenters. The Morgan fingerprint density at radius 2 is 2.14 bits per heavy atom. The van der Waals surface area contributed by atoms with E-state index in [0.717, 1.165) is 13.2 Å². The Bertz CT molecular complexity index is 202. The van der Waals surface area contributed by atoms with E-state index in [1.807, 2.05) is 0 Å². The van der Waals surface area contributed by atoms with Gasteiger partial charge in [0, 0.05) is 11.5 Å². The van der Waals surface area contributed by atoms with Crippen molar-refractivity contribution in [3.63, 3.8) is 0 Å². The second kappa shape index (κ2) is 4.23. The van der Waals surface area contributed by atoms with Gasteiger partial charge in [0.05, 0.1) is 17.3 Å². The highest BCUT2D eigenvalue weighted by Gasteiger charge is 2.44. The van der Waals surface area contributed by atoms with Crippen molar-refractivity contribution in [3.8, 4) is 0 Å². The summed E-state index contributed by atoms with van der Waals surface area (Å²) in [6.45, 7) is 6.27. The van der Waals surface area contributed by atoms with E-state index in [1.165, 1.54) is 25.9 Å². The number of rotatable bonds is 1. The predicted octanol–water partition coefficient (Wildman–Crippen LogP) is 1.21. The van der Waals surface area contributed by atoms with Crippen LogP contribution in [-0.2, 0) is 4.74 Å². The molecule has 2 aliphatic rings. The molecule has 2 N–H and O–H groups in total. The molecule has 0 aliphatic carbocycles. The first kappa shape index (κ1) is 11.1. The van der Waals surface area contributed by atoms with Gasteiger partial charge in [-0.05, 0) is 32.9 Å². The molecule has 4 heteroatoms. The quantitative estimate of drug-likeness (QED) is 0.449. The predicted molar refractivity (Wildman–Crippen MR) is 65.5 cm³/mol. The fourth-order valence-electron chi connectivity index (χ4n) is 2.51. The van der Waals surface area contributed by atoms with Crippen LogP contribution in [0.4, 0.5) is 0 Å². The summed E-state index contributed by atoms with van der Waals surface area (Å²) in [5.41, 5.74) is 6.43. The molecule has 0 saturated carbocycles. The smallest absolute Gasteiger partial charge is 0.0624 e. The minimum atomic E-state index is 0.272. The van der Waals surface area contributed by atoms with Crippen molar-refractivity contribution < 1.29 is 4.74 Å². The maximum atomic E-state index is 6.12. The minimum absolute atomic E-state index is 0.272. The molecule has 2 fully saturated rings. The number of likely N-dealkylation sites (tertiary alicyclic amines) is 1. The second-order valence-electron chi connectivity index (χ2n) is 4.59. The number of halogens is 1. The topological polar surface area (TPSA) is 38.5 Å². The molecule has 0 aromatic heterocycles. The average Bonchev–Trinajstić information content (AvgIpc) is 2.49. The van der Waals surface area contributed by atoms with E-state index < -0.39 is 0 Å². The average molecular weight is 310 g/mol. The molecule has 2 heterocycles. The lowest BCUT2D eigenvalue weighted by atomic mass is 9.75. The lowest BCUT2D eigenvalue weighted by molar-refractivity contribution is 0.0755. The van der Waals surface area contributed by atoms with Crippen molar-refractivity contribution in [2.45, 2.75) is 29.9 Å². The van der Waals surface area contributed by atoms with Crippen molar-refractivity contribution in [1.29, 1.82) is 0 Å². The SMILES string of the molecule is CC(I)N1CCC2(CC1)COC[C@H]2N. The van der Waals surface area contributed by atoms with Crippen LogP contribution in [0.5, 0.6) is 0 Å². The van der Waals surface area contributed by atoms with Gasteiger partial charge in [-0.25, -0.2) is 0 Å². The molecule has 2 saturated heterocycles. The Kier molecular flexibility index (Phi) is 3.36. The van der Waals surface area contributed by atoms with Gasteiger partial charge in [-0.3, -0.25) is 4.90 Å². The molecule has 0 amide bonds. The highest BCUT2D eigenvalue weighted by molar-refractivity contribution is 14.1. The number of nitrogens with zero attached hydrogens (tertiary/aromatic N) is 1. The van der Waals surface area contributed by atoms with Gasteiger partial charge < -0.3 is 10.5 Å². The Labute approximate surface area is 99.5 Å². The number of hydrogen-bond donors (Lipinski definition) is 1. The molecular formula is C10H19IN2O. The Hall–Kier alpha value is 0.610. The third-order valence-electron chi connectivity index (χ3n) is 3.77. The molecule has 0 aromatic rings. The maximum absolute atomic E-state index is 6.12. The fourth-order valence-corrected chi connectivity index (χ4v) is 3.07. The van der Waals surface area contributed by atoms with Crippen molar-refractivity contribution in [1.82, 2.24) is 4.90 Å². The van der Waals surface area contributed by atoms with Crippen LogP contribution in [0.25, 0.3) is 0 Å². The molecule has 2 aliphatic heterocycles. The van der Waals surface area contributed by atoms with E-state index in [-0.39, 0.29) is 6.04 Å². The Morgan fingerprint density at radius 3 is 2.57 bits per heavy atom. The maximum Gasteiger partial charge on any atom is 0.0624 e. The van der Waals surface area contributed by atoms with Crippen molar-refractivity contribution >= 4 is 22.6 Å². The van der Waals surface area contributed by atoms with Crippen molar-refractivity contribution in [3.05, 3.63) is 0 Å². The molecule has 3 nitrogen and oxygen atoms in total. The first-order valence-electron chi connectivity index (χ1n) is 5.35. The number of ether oxygens (including phenoxy) is 1. The fraction of sp³-hybridized carbons (Fsp3) is 1.00. The first-order valence-corrected chi connectivity index (χ1v) is 6.60. The van der Waals surface area contributed by atoms with E-state index in [4.69, 9.17) is 10.5 Å². The summed E-state index contributed by atoms with van der Waals surface area (Å²) in [6.07, 6.45) is 2.42. The van der Waals surface area contributed by atoms with Crippen LogP contribution in [0.1, 0.15) is 19.8 Å². The van der Waals surface area contributed by atoms with Crippen LogP contribution in [-0.4, -0.2) is 41.3 Å². The van der Waals surface area contributed by atoms with E-state index in [9.17, 15) is 0 Å². The van der Waals surface area contributed by atoms with Gasteiger partial charge in [0.1, 0.15) is 0 Å². The molecular weight excluding hydrogens is 291 g/mol. The van der Waals surface area contributed by atoms with Gasteiger partial charge >= 0.3 is 0 Å². The van der Waals surface area contributed by atoms with Crippen LogP contribution in [0.3, 0.4) is 0 Å². The summed E-state index contributed by atoms with van der Waals surface area (Å²) in [7, 11) is 0. The second-order valence-corrected chi connectivity index (χ2v) is 6.40. The van der Waals surface area contributed by atoms with Gasteiger partial charge in [0.15, 0.2) is 0 Å². The third kappa shape index (κ3) is 1.94. The van der Waals surface area contributed by atoms with Crippen molar-refractivity contribution in [2.75, 3.05) is 26.3 Å². The van der Waals surface area contributed by atoms with Crippen LogP contribution < -0.4 is 5.73 Å². The normalized spacial score (nSPS) is 34.9. The molecule has 0 aromatic carbocycles. The monoisotopic (exact) mass is 310 g/mol. The summed E-state index contributed by atoms with van der Waals surface area (Å²) in [6, 6.07) is 0.272. The highest BCUT2D eigenvalue weighted by Crippen LogP contribution is 2.39. The van der Waals surface area contributed by atoms with Gasteiger partial charge in [-0.15, -0.1) is 0 Å². The van der Waals surface area contributed by atoms with Gasteiger partial charge in [0.25, 0.3) is 0 Å². The number of hydrogen-bond acceptors (Lipinski definition) is 3. The molecule has 1 unspecified atom stereocenters. The minimum Gasteiger partial charge on any atom is -0.379 e. The van der Waals surface area contributed by atoms with Gasteiger partial charge in [-0.1, -0.05) is 22.6 Å². The van der Waals surface area contributed by atoms with E-state index >= 15 is 0 Å². The lowest BCUT2D eigenvalue weighted by Gasteiger charge is -2.41. The molecule has 0 bridgehead atoms. The lowest BCUT2D eigenvalue weighted by Crippen LogP contribution is -2.50. The third-order valence-corrected chi connectivity index (χ3v) is 4.56. The summed E-state index contributed by atoms with van der Waals surface area (Å²) in [5.74, 6) is 0. The summed E-state index contributed by atoms with van der Waals surface area (Å²) < 4.78 is 6.14. The van der Waals surface area contributed by atoms with E-state index in [0.29, 0.717) is 9.46 Å². The van der Waals surface area contributed by atoms with Crippen LogP contribution in [0.2, 0.25) is 0 Å². The van der Waals surface area contributed by atoms with Crippen LogP contribution in [0, 0.1) is 5.41 Å². The largest absolute Gasteiger partial charge is 0.379 e. The number of nitrogens with two attached hydrogens (primary N) is 1. The zero-order chi connectivity index (χ0) is 10.2. The van der Waals surface area contributed by atoms with E-state index in [2.05, 4.69) is 34.4 Å². The molecule has 14 heavy (non-hydrogen) atoms. The number of piperidine rings is 1. The van der Waals surface area contributed by atoms with Crippen LogP contribution in [0.15, 0.2) is 0 Å². The Morgan fingerprint density at radius 1 is 1.50 bits per heavy atom. The zero-order valence-corrected chi connectivity index (χ0v) is 10.9. The highest BCUT2D eigenvalue weighted by atomic mass is 127.